The number of hydrogen-bond acceptors (Lipinski definition) is 6. The highest BCUT2D eigenvalue weighted by molar-refractivity contribution is 6.05. The Labute approximate surface area is 340 Å². The lowest BCUT2D eigenvalue weighted by molar-refractivity contribution is 0.655. The van der Waals surface area contributed by atoms with Crippen molar-refractivity contribution in [3.05, 3.63) is 200 Å². The number of furan rings is 1. The Bertz CT molecular complexity index is 3310. The zero-order valence-electron chi connectivity index (χ0n) is 31.7. The molecule has 0 aliphatic heterocycles. The first-order valence-electron chi connectivity index (χ1n) is 19.6. The molecule has 3 heterocycles. The lowest BCUT2D eigenvalue weighted by atomic mass is 9.96. The van der Waals surface area contributed by atoms with Crippen molar-refractivity contribution < 1.29 is 4.42 Å². The second-order valence-electron chi connectivity index (χ2n) is 14.5. The predicted molar refractivity (Wildman–Crippen MR) is 238 cm³/mol. The Balaban J connectivity index is 0.901. The molecular formula is C53H33N5O. The second kappa shape index (κ2) is 14.4. The molecule has 0 bridgehead atoms. The molecule has 0 unspecified atom stereocenters. The van der Waals surface area contributed by atoms with Gasteiger partial charge in [0.1, 0.15) is 11.1 Å². The van der Waals surface area contributed by atoms with Gasteiger partial charge < -0.3 is 4.42 Å². The van der Waals surface area contributed by atoms with Crippen LogP contribution in [0.4, 0.5) is 0 Å². The molecule has 0 aliphatic rings. The minimum absolute atomic E-state index is 0.552. The molecule has 6 nitrogen and oxygen atoms in total. The van der Waals surface area contributed by atoms with E-state index in [1.807, 2.05) is 66.7 Å². The Morgan fingerprint density at radius 1 is 0.271 bits per heavy atom. The summed E-state index contributed by atoms with van der Waals surface area (Å²) in [5, 5.41) is 0.955. The van der Waals surface area contributed by atoms with Gasteiger partial charge in [0.25, 0.3) is 0 Å². The first-order chi connectivity index (χ1) is 29.2. The third-order valence-corrected chi connectivity index (χ3v) is 10.8. The Kier molecular flexibility index (Phi) is 8.37. The molecule has 0 radical (unpaired) electrons. The van der Waals surface area contributed by atoms with Crippen LogP contribution in [0.2, 0.25) is 0 Å². The van der Waals surface area contributed by atoms with Crippen molar-refractivity contribution in [3.8, 4) is 78.7 Å². The molecule has 0 amide bonds. The molecule has 0 N–H and O–H groups in total. The topological polar surface area (TPSA) is 77.6 Å². The van der Waals surface area contributed by atoms with E-state index in [2.05, 4.69) is 133 Å². The number of nitrogens with zero attached hydrogens (tertiary/aromatic N) is 5. The summed E-state index contributed by atoms with van der Waals surface area (Å²) in [6, 6.07) is 68.8. The molecule has 11 rings (SSSR count). The van der Waals surface area contributed by atoms with Crippen LogP contribution in [0.25, 0.3) is 112 Å². The van der Waals surface area contributed by atoms with Crippen LogP contribution >= 0.6 is 0 Å². The van der Waals surface area contributed by atoms with E-state index in [4.69, 9.17) is 29.3 Å². The van der Waals surface area contributed by atoms with Gasteiger partial charge >= 0.3 is 0 Å². The summed E-state index contributed by atoms with van der Waals surface area (Å²) >= 11 is 0. The summed E-state index contributed by atoms with van der Waals surface area (Å²) in [6.07, 6.45) is 0. The molecule has 6 heteroatoms. The number of benzene rings is 8. The molecule has 0 saturated heterocycles. The van der Waals surface area contributed by atoms with Gasteiger partial charge in [-0.15, -0.1) is 0 Å². The van der Waals surface area contributed by atoms with Gasteiger partial charge in [0.05, 0.1) is 11.0 Å². The molecule has 0 aliphatic carbocycles. The zero-order valence-corrected chi connectivity index (χ0v) is 31.7. The highest BCUT2D eigenvalue weighted by atomic mass is 16.3. The molecular weight excluding hydrogens is 723 g/mol. The molecule has 276 valence electrons. The van der Waals surface area contributed by atoms with Gasteiger partial charge in [-0.2, -0.15) is 0 Å². The van der Waals surface area contributed by atoms with Crippen LogP contribution in [-0.2, 0) is 0 Å². The lowest BCUT2D eigenvalue weighted by Crippen LogP contribution is -2.00. The first-order valence-corrected chi connectivity index (χ1v) is 19.6. The monoisotopic (exact) mass is 755 g/mol. The van der Waals surface area contributed by atoms with Gasteiger partial charge in [0.2, 0.25) is 5.71 Å². The van der Waals surface area contributed by atoms with Crippen molar-refractivity contribution in [2.24, 2.45) is 0 Å². The average Bonchev–Trinajstić information content (AvgIpc) is 3.68. The van der Waals surface area contributed by atoms with Crippen LogP contribution in [0.15, 0.2) is 205 Å². The van der Waals surface area contributed by atoms with Gasteiger partial charge in [0.15, 0.2) is 17.5 Å². The fraction of sp³-hybridized carbons (Fsp3) is 0. The molecule has 0 atom stereocenters. The summed E-state index contributed by atoms with van der Waals surface area (Å²) in [5.74, 6) is 1.88. The number of aromatic nitrogens is 5. The quantitative estimate of drug-likeness (QED) is 0.161. The lowest BCUT2D eigenvalue weighted by Gasteiger charge is -2.11. The van der Waals surface area contributed by atoms with Crippen molar-refractivity contribution in [1.29, 1.82) is 0 Å². The SMILES string of the molecule is c1ccc(-c2ccc(-c3nc(-c4ccccc4)nc(-c4cccc(-c5cccc(-c6ccc(-c7ccc8oc9nc%10ccccc%10nc9c8c7)cc6)c5)c4)n3)cc2)cc1. The summed E-state index contributed by atoms with van der Waals surface area (Å²) in [5.41, 5.74) is 15.5. The minimum Gasteiger partial charge on any atom is -0.436 e. The van der Waals surface area contributed by atoms with Crippen molar-refractivity contribution in [1.82, 2.24) is 24.9 Å². The van der Waals surface area contributed by atoms with E-state index in [0.717, 1.165) is 83.2 Å². The van der Waals surface area contributed by atoms with Crippen molar-refractivity contribution in [2.75, 3.05) is 0 Å². The molecule has 0 saturated carbocycles. The van der Waals surface area contributed by atoms with Crippen LogP contribution in [0.3, 0.4) is 0 Å². The van der Waals surface area contributed by atoms with E-state index >= 15 is 0 Å². The summed E-state index contributed by atoms with van der Waals surface area (Å²) in [4.78, 5) is 24.6. The van der Waals surface area contributed by atoms with Gasteiger partial charge in [-0.1, -0.05) is 164 Å². The highest BCUT2D eigenvalue weighted by Gasteiger charge is 2.15. The van der Waals surface area contributed by atoms with E-state index in [1.165, 1.54) is 5.56 Å². The third-order valence-electron chi connectivity index (χ3n) is 10.8. The number of para-hydroxylation sites is 2. The average molecular weight is 756 g/mol. The van der Waals surface area contributed by atoms with Gasteiger partial charge in [-0.3, -0.25) is 0 Å². The maximum absolute atomic E-state index is 6.09. The van der Waals surface area contributed by atoms with Crippen molar-refractivity contribution in [3.63, 3.8) is 0 Å². The minimum atomic E-state index is 0.552. The number of fused-ring (bicyclic) bond motifs is 4. The van der Waals surface area contributed by atoms with Crippen LogP contribution in [0, 0.1) is 0 Å². The van der Waals surface area contributed by atoms with Crippen LogP contribution < -0.4 is 0 Å². The van der Waals surface area contributed by atoms with E-state index in [1.54, 1.807) is 0 Å². The fourth-order valence-electron chi connectivity index (χ4n) is 7.68. The second-order valence-corrected chi connectivity index (χ2v) is 14.5. The fourth-order valence-corrected chi connectivity index (χ4v) is 7.68. The van der Waals surface area contributed by atoms with E-state index in [0.29, 0.717) is 23.2 Å². The summed E-state index contributed by atoms with van der Waals surface area (Å²) in [6.45, 7) is 0. The first kappa shape index (κ1) is 34.2. The van der Waals surface area contributed by atoms with Gasteiger partial charge in [-0.05, 0) is 80.9 Å². The molecule has 3 aromatic heterocycles. The summed E-state index contributed by atoms with van der Waals surface area (Å²) in [7, 11) is 0. The van der Waals surface area contributed by atoms with Gasteiger partial charge in [-0.25, -0.2) is 24.9 Å². The molecule has 59 heavy (non-hydrogen) atoms. The third kappa shape index (κ3) is 6.58. The van der Waals surface area contributed by atoms with E-state index in [-0.39, 0.29) is 0 Å². The molecule has 11 aromatic rings. The summed E-state index contributed by atoms with van der Waals surface area (Å²) < 4.78 is 6.09. The van der Waals surface area contributed by atoms with Crippen molar-refractivity contribution in [2.45, 2.75) is 0 Å². The highest BCUT2D eigenvalue weighted by Crippen LogP contribution is 2.35. The zero-order chi connectivity index (χ0) is 39.1. The van der Waals surface area contributed by atoms with Crippen LogP contribution in [0.5, 0.6) is 0 Å². The largest absolute Gasteiger partial charge is 0.436 e. The number of hydrogen-bond donors (Lipinski definition) is 0. The Morgan fingerprint density at radius 2 is 0.661 bits per heavy atom. The van der Waals surface area contributed by atoms with E-state index in [9.17, 15) is 0 Å². The van der Waals surface area contributed by atoms with E-state index < -0.39 is 0 Å². The maximum Gasteiger partial charge on any atom is 0.246 e. The van der Waals surface area contributed by atoms with Crippen molar-refractivity contribution >= 4 is 33.2 Å². The Morgan fingerprint density at radius 3 is 1.29 bits per heavy atom. The molecule has 0 fully saturated rings. The van der Waals surface area contributed by atoms with Gasteiger partial charge in [0, 0.05) is 22.1 Å². The molecule has 8 aromatic carbocycles. The predicted octanol–water partition coefficient (Wildman–Crippen LogP) is 13.4. The normalized spacial score (nSPS) is 11.4. The van der Waals surface area contributed by atoms with Crippen LogP contribution in [0.1, 0.15) is 0 Å². The smallest absolute Gasteiger partial charge is 0.246 e. The van der Waals surface area contributed by atoms with Crippen LogP contribution in [-0.4, -0.2) is 24.9 Å². The maximum atomic E-state index is 6.09. The Hall–Kier alpha value is -8.09. The molecule has 0 spiro atoms. The number of rotatable bonds is 7. The standard InChI is InChI=1S/C53H33N5O/c1-3-11-34(12-4-1)35-25-27-39(28-26-35)51-56-50(38-13-5-2-6-14-38)57-52(58-51)44-18-10-17-42(32-44)41-16-9-15-40(31-41)36-21-23-37(24-22-36)43-29-30-48-45(33-43)49-53(59-48)55-47-20-8-7-19-46(47)54-49/h1-33H.